The number of aliphatic hydroxyl groups is 1. The molecule has 1 N–H and O–H groups in total. The summed E-state index contributed by atoms with van der Waals surface area (Å²) in [7, 11) is 1.97. The number of imidazole rings is 1. The molecule has 1 aliphatic carbocycles. The molecule has 1 aromatic heterocycles. The van der Waals surface area contributed by atoms with Crippen molar-refractivity contribution in [3.63, 3.8) is 0 Å². The maximum Gasteiger partial charge on any atom is 0.151 e. The second-order valence-corrected chi connectivity index (χ2v) is 5.98. The van der Waals surface area contributed by atoms with Crippen LogP contribution in [0.3, 0.4) is 0 Å². The predicted molar refractivity (Wildman–Crippen MR) is 80.4 cm³/mol. The van der Waals surface area contributed by atoms with Crippen LogP contribution in [0.2, 0.25) is 0 Å². The van der Waals surface area contributed by atoms with Gasteiger partial charge in [-0.05, 0) is 44.9 Å². The average molecular weight is 291 g/mol. The second-order valence-electron chi connectivity index (χ2n) is 5.98. The fourth-order valence-corrected chi connectivity index (χ4v) is 2.89. The number of fused-ring (bicyclic) bond motifs is 1. The third kappa shape index (κ3) is 2.94. The van der Waals surface area contributed by atoms with Crippen LogP contribution in [-0.2, 0) is 13.1 Å². The summed E-state index contributed by atoms with van der Waals surface area (Å²) in [5.41, 5.74) is 1.27. The number of aliphatic hydroxyl groups excluding tert-OH is 1. The van der Waals surface area contributed by atoms with Crippen molar-refractivity contribution in [2.24, 2.45) is 5.92 Å². The van der Waals surface area contributed by atoms with Crippen LogP contribution in [0.4, 0.5) is 4.39 Å². The van der Waals surface area contributed by atoms with Crippen LogP contribution in [0.5, 0.6) is 0 Å². The first kappa shape index (κ1) is 14.5. The monoisotopic (exact) mass is 291 g/mol. The van der Waals surface area contributed by atoms with E-state index in [1.54, 1.807) is 6.07 Å². The summed E-state index contributed by atoms with van der Waals surface area (Å²) in [6, 6.07) is 5.06. The van der Waals surface area contributed by atoms with Crippen molar-refractivity contribution in [1.29, 1.82) is 0 Å². The van der Waals surface area contributed by atoms with Crippen LogP contribution >= 0.6 is 0 Å². The summed E-state index contributed by atoms with van der Waals surface area (Å²) in [6.07, 6.45) is 2.01. The van der Waals surface area contributed by atoms with Gasteiger partial charge >= 0.3 is 0 Å². The van der Waals surface area contributed by atoms with E-state index in [1.807, 2.05) is 24.6 Å². The van der Waals surface area contributed by atoms with Crippen LogP contribution < -0.4 is 0 Å². The van der Waals surface area contributed by atoms with Gasteiger partial charge in [-0.15, -0.1) is 0 Å². The van der Waals surface area contributed by atoms with Crippen molar-refractivity contribution >= 4 is 11.0 Å². The van der Waals surface area contributed by atoms with Gasteiger partial charge in [-0.1, -0.05) is 6.07 Å². The zero-order valence-electron chi connectivity index (χ0n) is 12.6. The van der Waals surface area contributed by atoms with Crippen LogP contribution in [0.1, 0.15) is 25.6 Å². The summed E-state index contributed by atoms with van der Waals surface area (Å²) < 4.78 is 15.9. The zero-order chi connectivity index (χ0) is 15.0. The number of benzene rings is 1. The number of nitrogens with zero attached hydrogens (tertiary/aromatic N) is 3. The lowest BCUT2D eigenvalue weighted by Gasteiger charge is -2.20. The number of halogens is 1. The van der Waals surface area contributed by atoms with Crippen LogP contribution in [-0.4, -0.2) is 39.3 Å². The first-order chi connectivity index (χ1) is 10.1. The fraction of sp³-hybridized carbons (Fsp3) is 0.562. The number of hydrogen-bond acceptors (Lipinski definition) is 3. The molecule has 1 heterocycles. The lowest BCUT2D eigenvalue weighted by Crippen LogP contribution is -2.31. The molecule has 0 radical (unpaired) electrons. The highest BCUT2D eigenvalue weighted by atomic mass is 19.1. The number of hydrogen-bond donors (Lipinski definition) is 1. The van der Waals surface area contributed by atoms with Crippen molar-refractivity contribution in [3.8, 4) is 0 Å². The number of aromatic nitrogens is 2. The molecule has 1 fully saturated rings. The Hall–Kier alpha value is -1.46. The number of para-hydroxylation sites is 1. The Morgan fingerprint density at radius 3 is 2.90 bits per heavy atom. The Kier molecular flexibility index (Phi) is 3.95. The third-order valence-corrected chi connectivity index (χ3v) is 4.20. The quantitative estimate of drug-likeness (QED) is 0.888. The first-order valence-electron chi connectivity index (χ1n) is 7.60. The van der Waals surface area contributed by atoms with Crippen LogP contribution in [0.25, 0.3) is 11.0 Å². The Balaban J connectivity index is 1.80. The van der Waals surface area contributed by atoms with Gasteiger partial charge in [-0.2, -0.15) is 0 Å². The van der Waals surface area contributed by atoms with Crippen molar-refractivity contribution in [2.45, 2.75) is 39.0 Å². The highest BCUT2D eigenvalue weighted by molar-refractivity contribution is 5.76. The summed E-state index contributed by atoms with van der Waals surface area (Å²) in [4.78, 5) is 6.52. The van der Waals surface area contributed by atoms with Crippen LogP contribution in [0.15, 0.2) is 18.2 Å². The number of aryl methyl sites for hydroxylation is 1. The smallest absolute Gasteiger partial charge is 0.151 e. The Labute approximate surface area is 124 Å². The first-order valence-corrected chi connectivity index (χ1v) is 7.60. The van der Waals surface area contributed by atoms with Crippen molar-refractivity contribution in [3.05, 3.63) is 29.8 Å². The molecule has 114 valence electrons. The molecule has 0 aliphatic heterocycles. The van der Waals surface area contributed by atoms with Gasteiger partial charge in [0.05, 0.1) is 18.2 Å². The van der Waals surface area contributed by atoms with Gasteiger partial charge in [0.25, 0.3) is 0 Å². The molecule has 1 unspecified atom stereocenters. The van der Waals surface area contributed by atoms with Gasteiger partial charge < -0.3 is 9.67 Å². The summed E-state index contributed by atoms with van der Waals surface area (Å²) in [5.74, 6) is 1.04. The highest BCUT2D eigenvalue weighted by Gasteiger charge is 2.30. The van der Waals surface area contributed by atoms with E-state index in [0.29, 0.717) is 24.5 Å². The number of likely N-dealkylation sites (N-methyl/N-ethyl adjacent to an activating group) is 1. The van der Waals surface area contributed by atoms with E-state index in [0.717, 1.165) is 30.7 Å². The Bertz CT molecular complexity index is 636. The third-order valence-electron chi connectivity index (χ3n) is 4.20. The molecule has 1 atom stereocenters. The fourth-order valence-electron chi connectivity index (χ4n) is 2.89. The normalized spacial score (nSPS) is 16.8. The van der Waals surface area contributed by atoms with E-state index in [1.165, 1.54) is 6.07 Å². The number of rotatable bonds is 6. The van der Waals surface area contributed by atoms with Crippen molar-refractivity contribution < 1.29 is 9.50 Å². The lowest BCUT2D eigenvalue weighted by molar-refractivity contribution is 0.103. The van der Waals surface area contributed by atoms with Gasteiger partial charge in [0.2, 0.25) is 0 Å². The van der Waals surface area contributed by atoms with Crippen LogP contribution in [0, 0.1) is 11.7 Å². The molecule has 1 saturated carbocycles. The van der Waals surface area contributed by atoms with E-state index in [9.17, 15) is 9.50 Å². The minimum atomic E-state index is -0.276. The van der Waals surface area contributed by atoms with E-state index in [2.05, 4.69) is 9.88 Å². The van der Waals surface area contributed by atoms with E-state index in [-0.39, 0.29) is 11.9 Å². The Morgan fingerprint density at radius 1 is 1.48 bits per heavy atom. The standard InChI is InChI=1S/C16H22FN3O/c1-3-20-13-6-4-5-12(17)16(13)18-15(20)10-19(2)9-14(21)11-7-8-11/h4-6,11,14,21H,3,7-10H2,1-2H3. The predicted octanol–water partition coefficient (Wildman–Crippen LogP) is 2.40. The molecule has 2 aromatic rings. The molecule has 21 heavy (non-hydrogen) atoms. The summed E-state index contributed by atoms with van der Waals surface area (Å²) in [5, 5.41) is 10.0. The van der Waals surface area contributed by atoms with E-state index in [4.69, 9.17) is 0 Å². The zero-order valence-corrected chi connectivity index (χ0v) is 12.6. The van der Waals surface area contributed by atoms with Gasteiger partial charge in [0.1, 0.15) is 11.3 Å². The molecular formula is C16H22FN3O. The molecule has 0 amide bonds. The van der Waals surface area contributed by atoms with Gasteiger partial charge in [-0.25, -0.2) is 9.37 Å². The minimum absolute atomic E-state index is 0.258. The SMILES string of the molecule is CCn1c(CN(C)CC(O)C2CC2)nc2c(F)cccc21. The maximum atomic E-state index is 13.8. The molecule has 1 aromatic carbocycles. The second kappa shape index (κ2) is 5.73. The molecule has 0 spiro atoms. The molecule has 4 nitrogen and oxygen atoms in total. The summed E-state index contributed by atoms with van der Waals surface area (Å²) in [6.45, 7) is 4.05. The van der Waals surface area contributed by atoms with Crippen molar-refractivity contribution in [1.82, 2.24) is 14.5 Å². The molecule has 5 heteroatoms. The van der Waals surface area contributed by atoms with Gasteiger partial charge in [0, 0.05) is 13.1 Å². The molecule has 3 rings (SSSR count). The average Bonchev–Trinajstić information content (AvgIpc) is 3.22. The largest absolute Gasteiger partial charge is 0.392 e. The highest BCUT2D eigenvalue weighted by Crippen LogP contribution is 2.32. The molecule has 1 aliphatic rings. The minimum Gasteiger partial charge on any atom is -0.392 e. The lowest BCUT2D eigenvalue weighted by atomic mass is 10.2. The molecular weight excluding hydrogens is 269 g/mol. The van der Waals surface area contributed by atoms with E-state index < -0.39 is 0 Å². The van der Waals surface area contributed by atoms with Gasteiger partial charge in [-0.3, -0.25) is 4.90 Å². The van der Waals surface area contributed by atoms with Gasteiger partial charge in [0.15, 0.2) is 5.82 Å². The van der Waals surface area contributed by atoms with E-state index >= 15 is 0 Å². The molecule has 0 bridgehead atoms. The van der Waals surface area contributed by atoms with Crippen molar-refractivity contribution in [2.75, 3.05) is 13.6 Å². The molecule has 0 saturated heterocycles. The summed E-state index contributed by atoms with van der Waals surface area (Å²) >= 11 is 0. The topological polar surface area (TPSA) is 41.3 Å². The maximum absolute atomic E-state index is 13.8. The Morgan fingerprint density at radius 2 is 2.24 bits per heavy atom.